The molecule has 0 radical (unpaired) electrons. The van der Waals surface area contributed by atoms with E-state index in [9.17, 15) is 0 Å². The fourth-order valence-electron chi connectivity index (χ4n) is 3.18. The minimum atomic E-state index is 0.403. The monoisotopic (exact) mass is 373 g/mol. The molecule has 0 spiro atoms. The number of hydrogen-bond acceptors (Lipinski definition) is 6. The van der Waals surface area contributed by atoms with Crippen LogP contribution in [0.1, 0.15) is 17.5 Å². The van der Waals surface area contributed by atoms with E-state index in [1.165, 1.54) is 11.1 Å². The number of nitrogen functional groups attached to an aromatic ring is 1. The quantitative estimate of drug-likeness (QED) is 0.493. The number of nitrogens with one attached hydrogen (secondary N) is 1. The van der Waals surface area contributed by atoms with Crippen molar-refractivity contribution in [2.45, 2.75) is 25.8 Å². The van der Waals surface area contributed by atoms with Crippen LogP contribution >= 0.6 is 0 Å². The number of nitrogens with zero attached hydrogens (tertiary/aromatic N) is 5. The molecule has 0 unspecified atom stereocenters. The first-order valence-corrected chi connectivity index (χ1v) is 9.44. The van der Waals surface area contributed by atoms with Crippen LogP contribution in [0.3, 0.4) is 0 Å². The highest BCUT2D eigenvalue weighted by Crippen LogP contribution is 2.19. The molecule has 0 saturated heterocycles. The van der Waals surface area contributed by atoms with E-state index < -0.39 is 0 Å². The van der Waals surface area contributed by atoms with Crippen molar-refractivity contribution in [3.8, 4) is 0 Å². The number of pyridine rings is 1. The van der Waals surface area contributed by atoms with E-state index in [1.807, 2.05) is 47.3 Å². The fourth-order valence-corrected chi connectivity index (χ4v) is 3.18. The summed E-state index contributed by atoms with van der Waals surface area (Å²) in [6.07, 6.45) is 8.29. The molecule has 0 aliphatic heterocycles. The molecule has 7 heteroatoms. The summed E-state index contributed by atoms with van der Waals surface area (Å²) >= 11 is 0. The standard InChI is InChI=1S/C21H23N7/c22-19-18-20(27-21(26-19)24-13-10-16-5-2-1-3-6-16)28(15-25-18)14-4-7-17-8-11-23-12-9-17/h1-3,5-6,8-9,11-12,15H,4,7,10,13-14H2,(H3,22,24,26,27). The summed E-state index contributed by atoms with van der Waals surface area (Å²) in [6.45, 7) is 1.56. The molecule has 3 N–H and O–H groups in total. The molecular formula is C21H23N7. The first-order chi connectivity index (χ1) is 13.8. The van der Waals surface area contributed by atoms with Gasteiger partial charge in [-0.3, -0.25) is 4.98 Å². The van der Waals surface area contributed by atoms with Crippen molar-refractivity contribution in [3.63, 3.8) is 0 Å². The van der Waals surface area contributed by atoms with Gasteiger partial charge in [0.15, 0.2) is 11.5 Å². The second kappa shape index (κ2) is 8.47. The van der Waals surface area contributed by atoms with Crippen molar-refractivity contribution in [1.29, 1.82) is 0 Å². The number of hydrogen-bond donors (Lipinski definition) is 2. The lowest BCUT2D eigenvalue weighted by Gasteiger charge is -2.08. The molecule has 0 saturated carbocycles. The average molecular weight is 373 g/mol. The highest BCUT2D eigenvalue weighted by molar-refractivity contribution is 5.82. The van der Waals surface area contributed by atoms with Gasteiger partial charge in [0.25, 0.3) is 0 Å². The number of aromatic nitrogens is 5. The molecule has 4 aromatic rings. The highest BCUT2D eigenvalue weighted by atomic mass is 15.2. The third kappa shape index (κ3) is 4.25. The second-order valence-electron chi connectivity index (χ2n) is 6.66. The molecule has 28 heavy (non-hydrogen) atoms. The Balaban J connectivity index is 1.42. The molecule has 0 bridgehead atoms. The number of imidazole rings is 1. The molecule has 1 aromatic carbocycles. The van der Waals surface area contributed by atoms with Gasteiger partial charge < -0.3 is 15.6 Å². The minimum absolute atomic E-state index is 0.403. The lowest BCUT2D eigenvalue weighted by atomic mass is 10.1. The van der Waals surface area contributed by atoms with Crippen molar-refractivity contribution in [3.05, 3.63) is 72.3 Å². The molecule has 3 heterocycles. The molecule has 3 aromatic heterocycles. The predicted molar refractivity (Wildman–Crippen MR) is 111 cm³/mol. The van der Waals surface area contributed by atoms with Crippen molar-refractivity contribution < 1.29 is 0 Å². The summed E-state index contributed by atoms with van der Waals surface area (Å²) in [7, 11) is 0. The topological polar surface area (TPSA) is 94.5 Å². The Hall–Kier alpha value is -3.48. The molecule has 0 amide bonds. The Kier molecular flexibility index (Phi) is 5.42. The van der Waals surface area contributed by atoms with Crippen LogP contribution in [0.15, 0.2) is 61.2 Å². The summed E-state index contributed by atoms with van der Waals surface area (Å²) in [5, 5.41) is 3.27. The Labute approximate surface area is 163 Å². The Morgan fingerprint density at radius 1 is 0.929 bits per heavy atom. The van der Waals surface area contributed by atoms with Crippen LogP contribution in [-0.4, -0.2) is 31.0 Å². The van der Waals surface area contributed by atoms with E-state index in [4.69, 9.17) is 5.73 Å². The van der Waals surface area contributed by atoms with E-state index in [0.717, 1.165) is 38.0 Å². The molecular weight excluding hydrogens is 350 g/mol. The minimum Gasteiger partial charge on any atom is -0.382 e. The lowest BCUT2D eigenvalue weighted by molar-refractivity contribution is 0.652. The van der Waals surface area contributed by atoms with Crippen LogP contribution < -0.4 is 11.1 Å². The van der Waals surface area contributed by atoms with Gasteiger partial charge in [-0.15, -0.1) is 0 Å². The Morgan fingerprint density at radius 3 is 2.54 bits per heavy atom. The zero-order chi connectivity index (χ0) is 19.2. The van der Waals surface area contributed by atoms with Crippen LogP contribution in [0.25, 0.3) is 11.2 Å². The first kappa shape index (κ1) is 17.9. The fraction of sp³-hybridized carbons (Fsp3) is 0.238. The molecule has 142 valence electrons. The van der Waals surface area contributed by atoms with Gasteiger partial charge in [0.05, 0.1) is 6.33 Å². The Morgan fingerprint density at radius 2 is 1.71 bits per heavy atom. The average Bonchev–Trinajstić information content (AvgIpc) is 3.13. The maximum atomic E-state index is 6.10. The molecule has 0 aliphatic carbocycles. The maximum Gasteiger partial charge on any atom is 0.226 e. The van der Waals surface area contributed by atoms with E-state index >= 15 is 0 Å². The van der Waals surface area contributed by atoms with Crippen LogP contribution in [0.5, 0.6) is 0 Å². The van der Waals surface area contributed by atoms with Crippen LogP contribution in [-0.2, 0) is 19.4 Å². The number of benzene rings is 1. The smallest absolute Gasteiger partial charge is 0.226 e. The molecule has 0 fully saturated rings. The summed E-state index contributed by atoms with van der Waals surface area (Å²) < 4.78 is 2.04. The van der Waals surface area contributed by atoms with Crippen molar-refractivity contribution in [2.24, 2.45) is 0 Å². The zero-order valence-corrected chi connectivity index (χ0v) is 15.6. The van der Waals surface area contributed by atoms with E-state index in [0.29, 0.717) is 17.3 Å². The summed E-state index contributed by atoms with van der Waals surface area (Å²) in [5.41, 5.74) is 10.1. The van der Waals surface area contributed by atoms with E-state index in [-0.39, 0.29) is 0 Å². The first-order valence-electron chi connectivity index (χ1n) is 9.44. The van der Waals surface area contributed by atoms with Gasteiger partial charge in [-0.1, -0.05) is 30.3 Å². The largest absolute Gasteiger partial charge is 0.382 e. The molecule has 0 atom stereocenters. The normalized spacial score (nSPS) is 11.0. The van der Waals surface area contributed by atoms with Crippen LogP contribution in [0.4, 0.5) is 11.8 Å². The molecule has 7 nitrogen and oxygen atoms in total. The van der Waals surface area contributed by atoms with Gasteiger partial charge in [0.2, 0.25) is 5.95 Å². The number of nitrogens with two attached hydrogens (primary N) is 1. The lowest BCUT2D eigenvalue weighted by Crippen LogP contribution is -2.10. The summed E-state index contributed by atoms with van der Waals surface area (Å²) in [5.74, 6) is 0.942. The maximum absolute atomic E-state index is 6.10. The van der Waals surface area contributed by atoms with Crippen molar-refractivity contribution >= 4 is 22.9 Å². The van der Waals surface area contributed by atoms with Gasteiger partial charge in [0.1, 0.15) is 5.52 Å². The third-order valence-corrected chi connectivity index (χ3v) is 4.64. The molecule has 0 aliphatic rings. The van der Waals surface area contributed by atoms with Crippen molar-refractivity contribution in [2.75, 3.05) is 17.6 Å². The van der Waals surface area contributed by atoms with E-state index in [1.54, 1.807) is 6.33 Å². The number of fused-ring (bicyclic) bond motifs is 1. The highest BCUT2D eigenvalue weighted by Gasteiger charge is 2.11. The predicted octanol–water partition coefficient (Wildman–Crippen LogP) is 3.09. The SMILES string of the molecule is Nc1nc(NCCc2ccccc2)nc2c1ncn2CCCc1ccncc1. The van der Waals surface area contributed by atoms with Gasteiger partial charge in [-0.05, 0) is 42.5 Å². The van der Waals surface area contributed by atoms with Crippen LogP contribution in [0, 0.1) is 0 Å². The third-order valence-electron chi connectivity index (χ3n) is 4.64. The van der Waals surface area contributed by atoms with Crippen molar-refractivity contribution in [1.82, 2.24) is 24.5 Å². The summed E-state index contributed by atoms with van der Waals surface area (Å²) in [6, 6.07) is 14.4. The van der Waals surface area contributed by atoms with E-state index in [2.05, 4.69) is 37.4 Å². The van der Waals surface area contributed by atoms with Crippen LogP contribution in [0.2, 0.25) is 0 Å². The summed E-state index contributed by atoms with van der Waals surface area (Å²) in [4.78, 5) is 17.4. The number of aryl methyl sites for hydroxylation is 2. The van der Waals surface area contributed by atoms with Gasteiger partial charge >= 0.3 is 0 Å². The van der Waals surface area contributed by atoms with Gasteiger partial charge in [-0.2, -0.15) is 9.97 Å². The Bertz CT molecular complexity index is 1030. The number of anilines is 2. The van der Waals surface area contributed by atoms with Gasteiger partial charge in [0, 0.05) is 25.5 Å². The second-order valence-corrected chi connectivity index (χ2v) is 6.66. The zero-order valence-electron chi connectivity index (χ0n) is 15.6. The molecule has 4 rings (SSSR count). The number of rotatable bonds is 8. The van der Waals surface area contributed by atoms with Gasteiger partial charge in [-0.25, -0.2) is 4.98 Å².